The molecular weight excluding hydrogens is 326 g/mol. The van der Waals surface area contributed by atoms with Gasteiger partial charge in [0.2, 0.25) is 0 Å². The number of nitro benzene ring substituents is 1. The summed E-state index contributed by atoms with van der Waals surface area (Å²) < 4.78 is 11.9. The van der Waals surface area contributed by atoms with Crippen molar-refractivity contribution < 1.29 is 19.2 Å². The second kappa shape index (κ2) is 6.83. The fourth-order valence-electron chi connectivity index (χ4n) is 2.28. The molecule has 0 bridgehead atoms. The van der Waals surface area contributed by atoms with Crippen LogP contribution in [0, 0.1) is 10.1 Å². The predicted octanol–water partition coefficient (Wildman–Crippen LogP) is 3.01. The highest BCUT2D eigenvalue weighted by molar-refractivity contribution is 5.92. The Morgan fingerprint density at radius 1 is 1.20 bits per heavy atom. The lowest BCUT2D eigenvalue weighted by atomic mass is 10.1. The lowest BCUT2D eigenvalue weighted by Crippen LogP contribution is -2.10. The summed E-state index contributed by atoms with van der Waals surface area (Å²) in [5.41, 5.74) is 0.130. The molecule has 0 atom stereocenters. The Morgan fingerprint density at radius 2 is 1.96 bits per heavy atom. The second-order valence-electron chi connectivity index (χ2n) is 4.97. The Morgan fingerprint density at radius 3 is 2.60 bits per heavy atom. The van der Waals surface area contributed by atoms with Crippen molar-refractivity contribution in [1.29, 1.82) is 0 Å². The van der Waals surface area contributed by atoms with Gasteiger partial charge in [-0.05, 0) is 24.3 Å². The quantitative estimate of drug-likeness (QED) is 0.307. The lowest BCUT2D eigenvalue weighted by Gasteiger charge is -2.09. The number of nitro groups is 1. The largest absolute Gasteiger partial charge is 0.493 e. The van der Waals surface area contributed by atoms with Crippen LogP contribution in [0.4, 0.5) is 5.69 Å². The van der Waals surface area contributed by atoms with Gasteiger partial charge in [-0.1, -0.05) is 12.1 Å². The first-order valence-electron chi connectivity index (χ1n) is 7.22. The van der Waals surface area contributed by atoms with Gasteiger partial charge >= 0.3 is 5.97 Å². The first-order valence-corrected chi connectivity index (χ1v) is 7.22. The number of para-hydroxylation sites is 2. The maximum absolute atomic E-state index is 12.3. The molecule has 0 aliphatic rings. The Labute approximate surface area is 142 Å². The maximum atomic E-state index is 12.3. The zero-order valence-electron chi connectivity index (χ0n) is 13.2. The third-order valence-corrected chi connectivity index (χ3v) is 3.46. The predicted molar refractivity (Wildman–Crippen MR) is 88.2 cm³/mol. The fraction of sp³-hybridized carbons (Fsp3) is 0.0588. The van der Waals surface area contributed by atoms with Gasteiger partial charge in [0.05, 0.1) is 23.9 Å². The van der Waals surface area contributed by atoms with E-state index in [0.29, 0.717) is 11.4 Å². The highest BCUT2D eigenvalue weighted by atomic mass is 16.6. The number of ether oxygens (including phenoxy) is 2. The molecule has 0 radical (unpaired) electrons. The van der Waals surface area contributed by atoms with Crippen LogP contribution in [0.25, 0.3) is 5.69 Å². The molecule has 1 heterocycles. The zero-order valence-corrected chi connectivity index (χ0v) is 13.2. The molecule has 0 amide bonds. The van der Waals surface area contributed by atoms with Crippen LogP contribution in [-0.2, 0) is 0 Å². The van der Waals surface area contributed by atoms with E-state index in [0.717, 1.165) is 0 Å². The average Bonchev–Trinajstić information content (AvgIpc) is 3.16. The summed E-state index contributed by atoms with van der Waals surface area (Å²) >= 11 is 0. The minimum atomic E-state index is -0.718. The summed E-state index contributed by atoms with van der Waals surface area (Å²) in [5.74, 6) is -0.0958. The van der Waals surface area contributed by atoms with Gasteiger partial charge in [0.1, 0.15) is 5.69 Å². The molecule has 0 unspecified atom stereocenters. The number of carbonyl (C=O) groups is 1. The minimum absolute atomic E-state index is 0.0569. The van der Waals surface area contributed by atoms with Crippen molar-refractivity contribution in [3.8, 4) is 17.2 Å². The number of esters is 1. The van der Waals surface area contributed by atoms with Crippen molar-refractivity contribution in [2.45, 2.75) is 0 Å². The Hall–Kier alpha value is -3.68. The first kappa shape index (κ1) is 16.2. The van der Waals surface area contributed by atoms with Crippen LogP contribution >= 0.6 is 0 Å². The molecule has 0 N–H and O–H groups in total. The van der Waals surface area contributed by atoms with Crippen LogP contribution in [0.3, 0.4) is 0 Å². The van der Waals surface area contributed by atoms with Crippen molar-refractivity contribution in [2.75, 3.05) is 7.11 Å². The Bertz CT molecular complexity index is 922. The Balaban J connectivity index is 1.93. The van der Waals surface area contributed by atoms with Gasteiger partial charge in [-0.3, -0.25) is 10.1 Å². The van der Waals surface area contributed by atoms with Crippen LogP contribution in [0.5, 0.6) is 11.5 Å². The van der Waals surface area contributed by atoms with E-state index in [1.165, 1.54) is 42.4 Å². The SMILES string of the molecule is COc1ccccc1OC(=O)c1ccc(-n2ccnc2)c([N+](=O)[O-])c1. The van der Waals surface area contributed by atoms with Crippen LogP contribution in [0.15, 0.2) is 61.2 Å². The molecule has 0 aliphatic carbocycles. The number of imidazole rings is 1. The van der Waals surface area contributed by atoms with Gasteiger partial charge < -0.3 is 14.0 Å². The van der Waals surface area contributed by atoms with Gasteiger partial charge in [0, 0.05) is 18.5 Å². The van der Waals surface area contributed by atoms with Crippen molar-refractivity contribution in [1.82, 2.24) is 9.55 Å². The fourth-order valence-corrected chi connectivity index (χ4v) is 2.28. The third-order valence-electron chi connectivity index (χ3n) is 3.46. The van der Waals surface area contributed by atoms with E-state index in [1.54, 1.807) is 30.5 Å². The van der Waals surface area contributed by atoms with Crippen molar-refractivity contribution in [3.63, 3.8) is 0 Å². The summed E-state index contributed by atoms with van der Waals surface area (Å²) in [6.45, 7) is 0. The molecule has 0 saturated carbocycles. The van der Waals surface area contributed by atoms with Gasteiger partial charge in [-0.2, -0.15) is 0 Å². The summed E-state index contributed by atoms with van der Waals surface area (Å²) in [4.78, 5) is 27.0. The number of nitrogens with zero attached hydrogens (tertiary/aromatic N) is 3. The molecule has 2 aromatic carbocycles. The molecule has 0 spiro atoms. The van der Waals surface area contributed by atoms with Crippen LogP contribution < -0.4 is 9.47 Å². The van der Waals surface area contributed by atoms with Crippen molar-refractivity contribution in [3.05, 3.63) is 76.9 Å². The van der Waals surface area contributed by atoms with Gasteiger partial charge in [-0.15, -0.1) is 0 Å². The van der Waals surface area contributed by atoms with E-state index in [2.05, 4.69) is 4.98 Å². The smallest absolute Gasteiger partial charge is 0.343 e. The van der Waals surface area contributed by atoms with Gasteiger partial charge in [-0.25, -0.2) is 9.78 Å². The maximum Gasteiger partial charge on any atom is 0.343 e. The molecule has 0 fully saturated rings. The molecule has 3 rings (SSSR count). The molecule has 0 saturated heterocycles. The van der Waals surface area contributed by atoms with E-state index < -0.39 is 10.9 Å². The van der Waals surface area contributed by atoms with E-state index in [9.17, 15) is 14.9 Å². The highest BCUT2D eigenvalue weighted by Gasteiger charge is 2.20. The van der Waals surface area contributed by atoms with Crippen LogP contribution in [0.1, 0.15) is 10.4 Å². The summed E-state index contributed by atoms with van der Waals surface area (Å²) in [5, 5.41) is 11.4. The Kier molecular flexibility index (Phi) is 4.42. The van der Waals surface area contributed by atoms with Crippen LogP contribution in [0.2, 0.25) is 0 Å². The van der Waals surface area contributed by atoms with Gasteiger partial charge in [0.15, 0.2) is 11.5 Å². The number of hydrogen-bond acceptors (Lipinski definition) is 6. The summed E-state index contributed by atoms with van der Waals surface area (Å²) in [6, 6.07) is 10.8. The van der Waals surface area contributed by atoms with Crippen LogP contribution in [-0.4, -0.2) is 27.6 Å². The van der Waals surface area contributed by atoms with E-state index in [-0.39, 0.29) is 17.0 Å². The average molecular weight is 339 g/mol. The van der Waals surface area contributed by atoms with E-state index >= 15 is 0 Å². The lowest BCUT2D eigenvalue weighted by molar-refractivity contribution is -0.384. The minimum Gasteiger partial charge on any atom is -0.493 e. The number of aromatic nitrogens is 2. The first-order chi connectivity index (χ1) is 12.1. The van der Waals surface area contributed by atoms with Crippen molar-refractivity contribution in [2.24, 2.45) is 0 Å². The highest BCUT2D eigenvalue weighted by Crippen LogP contribution is 2.28. The summed E-state index contributed by atoms with van der Waals surface area (Å²) in [7, 11) is 1.46. The van der Waals surface area contributed by atoms with Crippen molar-refractivity contribution >= 4 is 11.7 Å². The second-order valence-corrected chi connectivity index (χ2v) is 4.97. The zero-order chi connectivity index (χ0) is 17.8. The number of hydrogen-bond donors (Lipinski definition) is 0. The number of benzene rings is 2. The normalized spacial score (nSPS) is 10.3. The molecular formula is C17H13N3O5. The molecule has 126 valence electrons. The monoisotopic (exact) mass is 339 g/mol. The molecule has 8 nitrogen and oxygen atoms in total. The number of methoxy groups -OCH3 is 1. The topological polar surface area (TPSA) is 96.5 Å². The molecule has 25 heavy (non-hydrogen) atoms. The van der Waals surface area contributed by atoms with E-state index in [4.69, 9.17) is 9.47 Å². The molecule has 0 aliphatic heterocycles. The molecule has 3 aromatic rings. The van der Waals surface area contributed by atoms with E-state index in [1.807, 2.05) is 0 Å². The summed E-state index contributed by atoms with van der Waals surface area (Å²) in [6.07, 6.45) is 4.53. The third kappa shape index (κ3) is 3.32. The standard InChI is InChI=1S/C17H13N3O5/c1-24-15-4-2-3-5-16(15)25-17(21)12-6-7-13(14(10-12)20(22)23)19-9-8-18-11-19/h2-11H,1H3. The molecule has 8 heteroatoms. The number of rotatable bonds is 5. The number of carbonyl (C=O) groups excluding carboxylic acids is 1. The molecule has 1 aromatic heterocycles. The van der Waals surface area contributed by atoms with Gasteiger partial charge in [0.25, 0.3) is 5.69 Å².